The highest BCUT2D eigenvalue weighted by Gasteiger charge is 2.58. The number of morpholine rings is 1. The molecule has 2 aliphatic heterocycles. The second-order valence-corrected chi connectivity index (χ2v) is 8.28. The highest BCUT2D eigenvalue weighted by atomic mass is 16.5. The SMILES string of the molecule is O=C(C1CC1)N1C[C@H](c2cccnc2)[C@@]2(C1)OCCN(Cc1ccccc1)C2=O. The molecule has 6 nitrogen and oxygen atoms in total. The van der Waals surface area contributed by atoms with E-state index in [9.17, 15) is 9.59 Å². The van der Waals surface area contributed by atoms with Gasteiger partial charge in [0.1, 0.15) is 0 Å². The number of carbonyl (C=O) groups excluding carboxylic acids is 2. The number of benzene rings is 1. The molecular formula is C23H25N3O3. The van der Waals surface area contributed by atoms with Gasteiger partial charge in [0.2, 0.25) is 5.91 Å². The van der Waals surface area contributed by atoms with Crippen molar-refractivity contribution in [2.75, 3.05) is 26.2 Å². The minimum atomic E-state index is -1.03. The molecule has 3 heterocycles. The Morgan fingerprint density at radius 2 is 2.00 bits per heavy atom. The maximum atomic E-state index is 13.7. The van der Waals surface area contributed by atoms with Crippen LogP contribution in [0.1, 0.15) is 29.9 Å². The van der Waals surface area contributed by atoms with Crippen LogP contribution in [-0.2, 0) is 20.9 Å². The Labute approximate surface area is 170 Å². The van der Waals surface area contributed by atoms with Crippen LogP contribution in [0.4, 0.5) is 0 Å². The van der Waals surface area contributed by atoms with Crippen molar-refractivity contribution in [3.63, 3.8) is 0 Å². The molecule has 3 aliphatic rings. The first-order valence-corrected chi connectivity index (χ1v) is 10.3. The van der Waals surface area contributed by atoms with Gasteiger partial charge >= 0.3 is 0 Å². The van der Waals surface area contributed by atoms with E-state index in [1.165, 1.54) is 0 Å². The van der Waals surface area contributed by atoms with Gasteiger partial charge in [-0.15, -0.1) is 0 Å². The molecule has 2 amide bonds. The zero-order valence-corrected chi connectivity index (χ0v) is 16.4. The van der Waals surface area contributed by atoms with Crippen LogP contribution < -0.4 is 0 Å². The fourth-order valence-corrected chi connectivity index (χ4v) is 4.63. The van der Waals surface area contributed by atoms with E-state index < -0.39 is 5.60 Å². The topological polar surface area (TPSA) is 62.7 Å². The van der Waals surface area contributed by atoms with E-state index in [1.54, 1.807) is 12.4 Å². The van der Waals surface area contributed by atoms with Crippen LogP contribution in [-0.4, -0.2) is 58.4 Å². The predicted molar refractivity (Wildman–Crippen MR) is 107 cm³/mol. The molecule has 1 aromatic heterocycles. The highest BCUT2D eigenvalue weighted by molar-refractivity contribution is 5.90. The lowest BCUT2D eigenvalue weighted by Crippen LogP contribution is -2.60. The Kier molecular flexibility index (Phi) is 4.59. The first-order chi connectivity index (χ1) is 14.2. The largest absolute Gasteiger partial charge is 0.361 e. The van der Waals surface area contributed by atoms with Gasteiger partial charge in [-0.05, 0) is 30.0 Å². The van der Waals surface area contributed by atoms with Gasteiger partial charge in [0.05, 0.1) is 13.2 Å². The lowest BCUT2D eigenvalue weighted by molar-refractivity contribution is -0.173. The number of nitrogens with zero attached hydrogens (tertiary/aromatic N) is 3. The van der Waals surface area contributed by atoms with Gasteiger partial charge in [-0.3, -0.25) is 14.6 Å². The van der Waals surface area contributed by atoms with Crippen LogP contribution in [0.15, 0.2) is 54.9 Å². The fourth-order valence-electron chi connectivity index (χ4n) is 4.63. The van der Waals surface area contributed by atoms with Crippen molar-refractivity contribution in [1.29, 1.82) is 0 Å². The Bertz CT molecular complexity index is 900. The summed E-state index contributed by atoms with van der Waals surface area (Å²) in [4.78, 5) is 34.5. The third-order valence-corrected chi connectivity index (χ3v) is 6.30. The third-order valence-electron chi connectivity index (χ3n) is 6.30. The Morgan fingerprint density at radius 1 is 1.17 bits per heavy atom. The van der Waals surface area contributed by atoms with E-state index >= 15 is 0 Å². The number of ether oxygens (including phenoxy) is 1. The summed E-state index contributed by atoms with van der Waals surface area (Å²) in [6, 6.07) is 13.9. The fraction of sp³-hybridized carbons (Fsp3) is 0.435. The quantitative estimate of drug-likeness (QED) is 0.802. The number of hydrogen-bond donors (Lipinski definition) is 0. The van der Waals surface area contributed by atoms with Crippen LogP contribution in [0, 0.1) is 5.92 Å². The Morgan fingerprint density at radius 3 is 2.72 bits per heavy atom. The number of likely N-dealkylation sites (tertiary alicyclic amines) is 1. The van der Waals surface area contributed by atoms with Gasteiger partial charge in [0.25, 0.3) is 5.91 Å². The smallest absolute Gasteiger partial charge is 0.257 e. The van der Waals surface area contributed by atoms with Crippen LogP contribution in [0.5, 0.6) is 0 Å². The molecule has 0 bridgehead atoms. The maximum absolute atomic E-state index is 13.7. The zero-order valence-electron chi connectivity index (χ0n) is 16.4. The number of aromatic nitrogens is 1. The van der Waals surface area contributed by atoms with Crippen molar-refractivity contribution < 1.29 is 14.3 Å². The van der Waals surface area contributed by atoms with Gasteiger partial charge in [-0.25, -0.2) is 0 Å². The van der Waals surface area contributed by atoms with Crippen molar-refractivity contribution in [3.05, 3.63) is 66.0 Å². The molecule has 6 heteroatoms. The van der Waals surface area contributed by atoms with Crippen LogP contribution in [0.25, 0.3) is 0 Å². The monoisotopic (exact) mass is 391 g/mol. The van der Waals surface area contributed by atoms with Crippen LogP contribution in [0.2, 0.25) is 0 Å². The van der Waals surface area contributed by atoms with E-state index in [0.717, 1.165) is 24.0 Å². The number of rotatable bonds is 4. The molecule has 2 atom stereocenters. The summed E-state index contributed by atoms with van der Waals surface area (Å²) in [5, 5.41) is 0. The van der Waals surface area contributed by atoms with Crippen molar-refractivity contribution >= 4 is 11.8 Å². The predicted octanol–water partition coefficient (Wildman–Crippen LogP) is 2.22. The average molecular weight is 391 g/mol. The summed E-state index contributed by atoms with van der Waals surface area (Å²) in [5.74, 6) is 0.0590. The maximum Gasteiger partial charge on any atom is 0.257 e. The number of hydrogen-bond acceptors (Lipinski definition) is 4. The Hall–Kier alpha value is -2.73. The van der Waals surface area contributed by atoms with E-state index in [-0.39, 0.29) is 23.7 Å². The van der Waals surface area contributed by atoms with E-state index in [1.807, 2.05) is 52.3 Å². The standard InChI is InChI=1S/C23H25N3O3/c27-21(18-8-9-18)26-15-20(19-7-4-10-24-13-19)23(16-26)22(28)25(11-12-29-23)14-17-5-2-1-3-6-17/h1-7,10,13,18,20H,8-9,11-12,14-16H2/t20-,23-/m1/s1. The molecule has 2 saturated heterocycles. The van der Waals surface area contributed by atoms with Gasteiger partial charge in [0, 0.05) is 43.9 Å². The summed E-state index contributed by atoms with van der Waals surface area (Å²) < 4.78 is 6.24. The van der Waals surface area contributed by atoms with Gasteiger partial charge in [-0.2, -0.15) is 0 Å². The van der Waals surface area contributed by atoms with Crippen molar-refractivity contribution in [3.8, 4) is 0 Å². The molecule has 1 saturated carbocycles. The van der Waals surface area contributed by atoms with E-state index in [4.69, 9.17) is 4.74 Å². The molecule has 1 spiro atoms. The first-order valence-electron chi connectivity index (χ1n) is 10.3. The van der Waals surface area contributed by atoms with E-state index in [2.05, 4.69) is 4.98 Å². The molecule has 0 unspecified atom stereocenters. The normalized spacial score (nSPS) is 26.9. The molecule has 0 N–H and O–H groups in total. The number of carbonyl (C=O) groups is 2. The van der Waals surface area contributed by atoms with Crippen molar-refractivity contribution in [1.82, 2.24) is 14.8 Å². The first kappa shape index (κ1) is 18.3. The second kappa shape index (κ2) is 7.26. The molecule has 0 radical (unpaired) electrons. The molecule has 3 fully saturated rings. The molecule has 29 heavy (non-hydrogen) atoms. The summed E-state index contributed by atoms with van der Waals surface area (Å²) in [5.41, 5.74) is 1.02. The summed E-state index contributed by atoms with van der Waals surface area (Å²) in [6.45, 7) is 2.42. The Balaban J connectivity index is 1.47. The molecule has 5 rings (SSSR count). The van der Waals surface area contributed by atoms with Gasteiger partial charge in [-0.1, -0.05) is 36.4 Å². The zero-order chi connectivity index (χ0) is 19.8. The minimum Gasteiger partial charge on any atom is -0.361 e. The molecular weight excluding hydrogens is 366 g/mol. The second-order valence-electron chi connectivity index (χ2n) is 8.28. The van der Waals surface area contributed by atoms with Crippen molar-refractivity contribution in [2.24, 2.45) is 5.92 Å². The van der Waals surface area contributed by atoms with Crippen LogP contribution >= 0.6 is 0 Å². The average Bonchev–Trinajstić information content (AvgIpc) is 3.54. The molecule has 2 aromatic rings. The highest BCUT2D eigenvalue weighted by Crippen LogP contribution is 2.44. The minimum absolute atomic E-state index is 0.0208. The summed E-state index contributed by atoms with van der Waals surface area (Å²) >= 11 is 0. The summed E-state index contributed by atoms with van der Waals surface area (Å²) in [7, 11) is 0. The van der Waals surface area contributed by atoms with Crippen LogP contribution in [0.3, 0.4) is 0 Å². The van der Waals surface area contributed by atoms with Gasteiger partial charge < -0.3 is 14.5 Å². The lowest BCUT2D eigenvalue weighted by atomic mass is 9.83. The van der Waals surface area contributed by atoms with Gasteiger partial charge in [0.15, 0.2) is 5.60 Å². The molecule has 150 valence electrons. The van der Waals surface area contributed by atoms with Crippen molar-refractivity contribution in [2.45, 2.75) is 30.9 Å². The summed E-state index contributed by atoms with van der Waals surface area (Å²) in [6.07, 6.45) is 5.43. The lowest BCUT2D eigenvalue weighted by Gasteiger charge is -2.42. The van der Waals surface area contributed by atoms with E-state index in [0.29, 0.717) is 32.8 Å². The number of pyridine rings is 1. The third kappa shape index (κ3) is 3.31. The molecule has 1 aromatic carbocycles. The molecule has 1 aliphatic carbocycles. The number of amides is 2.